The summed E-state index contributed by atoms with van der Waals surface area (Å²) >= 11 is 0. The van der Waals surface area contributed by atoms with Gasteiger partial charge < -0.3 is 10.1 Å². The molecule has 2 aromatic rings. The first kappa shape index (κ1) is 18.4. The third-order valence-electron chi connectivity index (χ3n) is 3.55. The van der Waals surface area contributed by atoms with Gasteiger partial charge in [0.05, 0.1) is 12.3 Å². The number of ether oxygens (including phenoxy) is 1. The predicted octanol–water partition coefficient (Wildman–Crippen LogP) is 1.21. The summed E-state index contributed by atoms with van der Waals surface area (Å²) in [6.07, 6.45) is 0. The SMILES string of the molecule is CCOC(=O)CNC(=O)Cn1nc(-c2ccc(C)cc2C)ccc1=O. The van der Waals surface area contributed by atoms with Gasteiger partial charge >= 0.3 is 5.97 Å². The first-order valence-electron chi connectivity index (χ1n) is 7.99. The topological polar surface area (TPSA) is 90.3 Å². The van der Waals surface area contributed by atoms with Gasteiger partial charge in [-0.3, -0.25) is 14.4 Å². The first-order valence-corrected chi connectivity index (χ1v) is 7.99. The number of esters is 1. The molecule has 2 rings (SSSR count). The van der Waals surface area contributed by atoms with Crippen molar-refractivity contribution in [2.24, 2.45) is 0 Å². The van der Waals surface area contributed by atoms with Crippen LogP contribution in [0.15, 0.2) is 35.1 Å². The summed E-state index contributed by atoms with van der Waals surface area (Å²) in [7, 11) is 0. The van der Waals surface area contributed by atoms with E-state index in [0.29, 0.717) is 5.69 Å². The molecule has 25 heavy (non-hydrogen) atoms. The minimum Gasteiger partial charge on any atom is -0.465 e. The number of hydrogen-bond acceptors (Lipinski definition) is 5. The molecule has 0 radical (unpaired) electrons. The number of nitrogens with zero attached hydrogens (tertiary/aromatic N) is 2. The van der Waals surface area contributed by atoms with Crippen LogP contribution in [0.3, 0.4) is 0 Å². The third kappa shape index (κ3) is 5.00. The number of aromatic nitrogens is 2. The normalized spacial score (nSPS) is 10.4. The van der Waals surface area contributed by atoms with E-state index in [1.54, 1.807) is 13.0 Å². The van der Waals surface area contributed by atoms with Crippen molar-refractivity contribution in [3.8, 4) is 11.3 Å². The van der Waals surface area contributed by atoms with E-state index in [4.69, 9.17) is 4.74 Å². The molecule has 1 amide bonds. The molecule has 0 unspecified atom stereocenters. The summed E-state index contributed by atoms with van der Waals surface area (Å²) in [5.74, 6) is -1.01. The van der Waals surface area contributed by atoms with Crippen molar-refractivity contribution in [3.05, 3.63) is 51.8 Å². The van der Waals surface area contributed by atoms with Crippen LogP contribution in [0.4, 0.5) is 0 Å². The molecular weight excluding hydrogens is 322 g/mol. The van der Waals surface area contributed by atoms with Crippen molar-refractivity contribution in [2.75, 3.05) is 13.2 Å². The lowest BCUT2D eigenvalue weighted by molar-refractivity contribution is -0.143. The zero-order valence-corrected chi connectivity index (χ0v) is 14.5. The van der Waals surface area contributed by atoms with Crippen LogP contribution < -0.4 is 10.9 Å². The number of carbonyl (C=O) groups is 2. The highest BCUT2D eigenvalue weighted by molar-refractivity contribution is 5.81. The number of rotatable bonds is 6. The zero-order valence-electron chi connectivity index (χ0n) is 14.5. The van der Waals surface area contributed by atoms with Crippen molar-refractivity contribution in [3.63, 3.8) is 0 Å². The number of hydrogen-bond donors (Lipinski definition) is 1. The molecule has 1 N–H and O–H groups in total. The number of carbonyl (C=O) groups excluding carboxylic acids is 2. The Morgan fingerprint density at radius 1 is 1.20 bits per heavy atom. The fourth-order valence-corrected chi connectivity index (χ4v) is 2.38. The third-order valence-corrected chi connectivity index (χ3v) is 3.55. The van der Waals surface area contributed by atoms with Gasteiger partial charge in [0.1, 0.15) is 13.1 Å². The van der Waals surface area contributed by atoms with E-state index < -0.39 is 11.9 Å². The maximum absolute atomic E-state index is 11.9. The van der Waals surface area contributed by atoms with E-state index in [9.17, 15) is 14.4 Å². The Bertz CT molecular complexity index is 842. The minimum atomic E-state index is -0.528. The van der Waals surface area contributed by atoms with Crippen LogP contribution in [0.5, 0.6) is 0 Å². The van der Waals surface area contributed by atoms with Gasteiger partial charge in [0, 0.05) is 11.6 Å². The van der Waals surface area contributed by atoms with Crippen LogP contribution in [-0.4, -0.2) is 34.8 Å². The fourth-order valence-electron chi connectivity index (χ4n) is 2.38. The smallest absolute Gasteiger partial charge is 0.325 e. The average Bonchev–Trinajstić information content (AvgIpc) is 2.55. The first-order chi connectivity index (χ1) is 11.9. The maximum Gasteiger partial charge on any atom is 0.325 e. The van der Waals surface area contributed by atoms with E-state index >= 15 is 0 Å². The van der Waals surface area contributed by atoms with Crippen LogP contribution in [0.2, 0.25) is 0 Å². The van der Waals surface area contributed by atoms with Crippen molar-refractivity contribution in [1.82, 2.24) is 15.1 Å². The van der Waals surface area contributed by atoms with Gasteiger partial charge in [0.15, 0.2) is 0 Å². The molecule has 0 saturated carbocycles. The average molecular weight is 343 g/mol. The van der Waals surface area contributed by atoms with Gasteiger partial charge in [-0.15, -0.1) is 0 Å². The molecule has 1 aromatic carbocycles. The highest BCUT2D eigenvalue weighted by Gasteiger charge is 2.11. The summed E-state index contributed by atoms with van der Waals surface area (Å²) in [5.41, 5.74) is 3.28. The molecule has 7 nitrogen and oxygen atoms in total. The Morgan fingerprint density at radius 2 is 1.96 bits per heavy atom. The standard InChI is InChI=1S/C18H21N3O4/c1-4-25-18(24)10-19-16(22)11-21-17(23)8-7-15(20-21)14-6-5-12(2)9-13(14)3/h5-9H,4,10-11H2,1-3H3,(H,19,22). The van der Waals surface area contributed by atoms with Crippen LogP contribution >= 0.6 is 0 Å². The lowest BCUT2D eigenvalue weighted by Crippen LogP contribution is -2.36. The Hall–Kier alpha value is -2.96. The molecular formula is C18H21N3O4. The summed E-state index contributed by atoms with van der Waals surface area (Å²) in [4.78, 5) is 35.1. The molecule has 1 heterocycles. The summed E-state index contributed by atoms with van der Waals surface area (Å²) < 4.78 is 5.81. The second kappa shape index (κ2) is 8.23. The highest BCUT2D eigenvalue weighted by atomic mass is 16.5. The lowest BCUT2D eigenvalue weighted by Gasteiger charge is -2.10. The number of amides is 1. The van der Waals surface area contributed by atoms with Crippen LogP contribution in [0.1, 0.15) is 18.1 Å². The largest absolute Gasteiger partial charge is 0.465 e. The summed E-state index contributed by atoms with van der Waals surface area (Å²) in [5, 5.41) is 6.67. The van der Waals surface area contributed by atoms with Crippen molar-refractivity contribution in [1.29, 1.82) is 0 Å². The number of nitrogens with one attached hydrogen (secondary N) is 1. The number of benzene rings is 1. The molecule has 0 spiro atoms. The number of aryl methyl sites for hydroxylation is 2. The van der Waals surface area contributed by atoms with Crippen LogP contribution in [0, 0.1) is 13.8 Å². The van der Waals surface area contributed by atoms with Gasteiger partial charge in [-0.05, 0) is 32.4 Å². The summed E-state index contributed by atoms with van der Waals surface area (Å²) in [6, 6.07) is 8.93. The van der Waals surface area contributed by atoms with Crippen LogP contribution in [0.25, 0.3) is 11.3 Å². The van der Waals surface area contributed by atoms with E-state index in [0.717, 1.165) is 21.4 Å². The molecule has 0 aliphatic carbocycles. The predicted molar refractivity (Wildman–Crippen MR) is 93.0 cm³/mol. The second-order valence-electron chi connectivity index (χ2n) is 5.61. The maximum atomic E-state index is 11.9. The van der Waals surface area contributed by atoms with E-state index in [1.807, 2.05) is 32.0 Å². The Balaban J connectivity index is 2.15. The van der Waals surface area contributed by atoms with Crippen molar-refractivity contribution >= 4 is 11.9 Å². The van der Waals surface area contributed by atoms with E-state index in [-0.39, 0.29) is 25.3 Å². The molecule has 0 aliphatic heterocycles. The molecule has 1 aromatic heterocycles. The van der Waals surface area contributed by atoms with Gasteiger partial charge in [-0.2, -0.15) is 5.10 Å². The minimum absolute atomic E-state index is 0.238. The zero-order chi connectivity index (χ0) is 18.4. The van der Waals surface area contributed by atoms with Gasteiger partial charge in [-0.1, -0.05) is 23.8 Å². The Morgan fingerprint density at radius 3 is 2.64 bits per heavy atom. The van der Waals surface area contributed by atoms with Gasteiger partial charge in [0.2, 0.25) is 5.91 Å². The van der Waals surface area contributed by atoms with Crippen molar-refractivity contribution in [2.45, 2.75) is 27.3 Å². The second-order valence-corrected chi connectivity index (χ2v) is 5.61. The molecule has 0 fully saturated rings. The van der Waals surface area contributed by atoms with E-state index in [1.165, 1.54) is 6.07 Å². The van der Waals surface area contributed by atoms with Crippen LogP contribution in [-0.2, 0) is 20.9 Å². The molecule has 132 valence electrons. The molecule has 0 atom stereocenters. The Labute approximate surface area is 145 Å². The molecule has 7 heteroatoms. The quantitative estimate of drug-likeness (QED) is 0.796. The monoisotopic (exact) mass is 343 g/mol. The molecule has 0 saturated heterocycles. The van der Waals surface area contributed by atoms with Gasteiger partial charge in [0.25, 0.3) is 5.56 Å². The molecule has 0 aliphatic rings. The summed E-state index contributed by atoms with van der Waals surface area (Å²) in [6.45, 7) is 5.38. The van der Waals surface area contributed by atoms with Gasteiger partial charge in [-0.25, -0.2) is 4.68 Å². The highest BCUT2D eigenvalue weighted by Crippen LogP contribution is 2.21. The molecule has 0 bridgehead atoms. The van der Waals surface area contributed by atoms with E-state index in [2.05, 4.69) is 10.4 Å². The Kier molecular flexibility index (Phi) is 6.05. The fraction of sp³-hybridized carbons (Fsp3) is 0.333. The lowest BCUT2D eigenvalue weighted by atomic mass is 10.0. The van der Waals surface area contributed by atoms with Crippen molar-refractivity contribution < 1.29 is 14.3 Å².